The molecule has 0 aromatic heterocycles. The van der Waals surface area contributed by atoms with Crippen LogP contribution in [-0.4, -0.2) is 30.1 Å². The molecule has 1 rings (SSSR count). The molecule has 14 heavy (non-hydrogen) atoms. The van der Waals surface area contributed by atoms with Crippen LogP contribution in [0.4, 0.5) is 0 Å². The first-order valence-electron chi connectivity index (χ1n) is 4.38. The van der Waals surface area contributed by atoms with Gasteiger partial charge in [0, 0.05) is 13.2 Å². The first kappa shape index (κ1) is 11.1. The largest absolute Gasteiger partial charge is 0.382 e. The molecule has 0 aromatic rings. The number of nitrogens with one attached hydrogen (secondary N) is 2. The number of ether oxygens (including phenoxy) is 1. The van der Waals surface area contributed by atoms with Crippen molar-refractivity contribution in [3.8, 4) is 0 Å². The van der Waals surface area contributed by atoms with Crippen LogP contribution in [0.25, 0.3) is 0 Å². The normalized spacial score (nSPS) is 17.9. The van der Waals surface area contributed by atoms with E-state index in [1.54, 1.807) is 0 Å². The molecule has 0 spiro atoms. The molecule has 1 heterocycles. The highest BCUT2D eigenvalue weighted by molar-refractivity contribution is 7.80. The van der Waals surface area contributed by atoms with E-state index in [0.717, 1.165) is 0 Å². The summed E-state index contributed by atoms with van der Waals surface area (Å²) in [6.07, 6.45) is 0.383. The van der Waals surface area contributed by atoms with Crippen LogP contribution in [0, 0.1) is 5.92 Å². The van der Waals surface area contributed by atoms with Crippen molar-refractivity contribution >= 4 is 29.1 Å². The Morgan fingerprint density at radius 3 is 2.43 bits per heavy atom. The summed E-state index contributed by atoms with van der Waals surface area (Å²) in [5.41, 5.74) is 0. The molecular formula is C8H12N2O3S. The van der Waals surface area contributed by atoms with E-state index in [9.17, 15) is 9.59 Å². The summed E-state index contributed by atoms with van der Waals surface area (Å²) < 4.78 is 5.07. The average molecular weight is 216 g/mol. The average Bonchev–Trinajstić information content (AvgIpc) is 2.09. The van der Waals surface area contributed by atoms with Gasteiger partial charge in [0.15, 0.2) is 5.11 Å². The van der Waals surface area contributed by atoms with E-state index in [-0.39, 0.29) is 16.9 Å². The molecule has 1 aliphatic heterocycles. The minimum atomic E-state index is -0.687. The maximum atomic E-state index is 11.3. The third-order valence-corrected chi connectivity index (χ3v) is 2.07. The lowest BCUT2D eigenvalue weighted by Gasteiger charge is -2.21. The van der Waals surface area contributed by atoms with Crippen LogP contribution in [0.5, 0.6) is 0 Å². The second-order valence-electron chi connectivity index (χ2n) is 2.85. The van der Waals surface area contributed by atoms with Gasteiger partial charge in [-0.25, -0.2) is 0 Å². The highest BCUT2D eigenvalue weighted by Crippen LogP contribution is 2.07. The smallest absolute Gasteiger partial charge is 0.238 e. The predicted octanol–water partition coefficient (Wildman–Crippen LogP) is -0.440. The zero-order chi connectivity index (χ0) is 10.6. The van der Waals surface area contributed by atoms with Gasteiger partial charge in [-0.05, 0) is 25.6 Å². The molecule has 0 bridgehead atoms. The fraction of sp³-hybridized carbons (Fsp3) is 0.625. The van der Waals surface area contributed by atoms with Crippen molar-refractivity contribution in [2.75, 3.05) is 13.2 Å². The van der Waals surface area contributed by atoms with Gasteiger partial charge < -0.3 is 15.4 Å². The fourth-order valence-corrected chi connectivity index (χ4v) is 1.36. The maximum Gasteiger partial charge on any atom is 0.238 e. The SMILES string of the molecule is CCOCCC1C(=O)NC(=S)NC1=O. The molecule has 2 amide bonds. The van der Waals surface area contributed by atoms with Crippen LogP contribution >= 0.6 is 12.2 Å². The van der Waals surface area contributed by atoms with E-state index in [2.05, 4.69) is 22.9 Å². The van der Waals surface area contributed by atoms with Gasteiger partial charge in [0.2, 0.25) is 11.8 Å². The Hall–Kier alpha value is -1.01. The molecule has 1 fully saturated rings. The minimum Gasteiger partial charge on any atom is -0.382 e. The zero-order valence-corrected chi connectivity index (χ0v) is 8.65. The Bertz CT molecular complexity index is 247. The van der Waals surface area contributed by atoms with Crippen LogP contribution in [0.2, 0.25) is 0 Å². The van der Waals surface area contributed by atoms with Crippen LogP contribution in [0.3, 0.4) is 0 Å². The quantitative estimate of drug-likeness (QED) is 0.380. The molecule has 0 radical (unpaired) electrons. The molecule has 78 valence electrons. The summed E-state index contributed by atoms with van der Waals surface area (Å²) in [7, 11) is 0. The van der Waals surface area contributed by atoms with Gasteiger partial charge in [0.05, 0.1) is 0 Å². The van der Waals surface area contributed by atoms with Crippen LogP contribution in [-0.2, 0) is 14.3 Å². The number of hydrogen-bond donors (Lipinski definition) is 2. The molecule has 0 saturated carbocycles. The number of thiocarbonyl (C=S) groups is 1. The van der Waals surface area contributed by atoms with Crippen molar-refractivity contribution in [1.29, 1.82) is 0 Å². The molecule has 0 aliphatic carbocycles. The number of rotatable bonds is 4. The van der Waals surface area contributed by atoms with E-state index in [1.807, 2.05) is 6.92 Å². The number of hydrogen-bond acceptors (Lipinski definition) is 4. The third-order valence-electron chi connectivity index (χ3n) is 1.86. The predicted molar refractivity (Wildman–Crippen MR) is 53.5 cm³/mol. The van der Waals surface area contributed by atoms with E-state index < -0.39 is 5.92 Å². The molecule has 1 aliphatic rings. The van der Waals surface area contributed by atoms with Gasteiger partial charge in [0.25, 0.3) is 0 Å². The molecule has 6 heteroatoms. The Morgan fingerprint density at radius 1 is 1.36 bits per heavy atom. The van der Waals surface area contributed by atoms with Crippen LogP contribution in [0.1, 0.15) is 13.3 Å². The number of amides is 2. The standard InChI is InChI=1S/C8H12N2O3S/c1-2-13-4-3-5-6(11)9-8(14)10-7(5)12/h5H,2-4H2,1H3,(H2,9,10,11,12,14). The Balaban J connectivity index is 2.46. The molecule has 1 saturated heterocycles. The highest BCUT2D eigenvalue weighted by atomic mass is 32.1. The second-order valence-corrected chi connectivity index (χ2v) is 3.25. The van der Waals surface area contributed by atoms with Crippen LogP contribution in [0.15, 0.2) is 0 Å². The Morgan fingerprint density at radius 2 is 1.93 bits per heavy atom. The Labute approximate surface area is 87.2 Å². The van der Waals surface area contributed by atoms with Crippen molar-refractivity contribution in [3.63, 3.8) is 0 Å². The molecule has 0 unspecified atom stereocenters. The summed E-state index contributed by atoms with van der Waals surface area (Å²) in [6, 6.07) is 0. The molecule has 2 N–H and O–H groups in total. The van der Waals surface area contributed by atoms with Gasteiger partial charge >= 0.3 is 0 Å². The lowest BCUT2D eigenvalue weighted by molar-refractivity contribution is -0.135. The van der Waals surface area contributed by atoms with Crippen molar-refractivity contribution in [2.24, 2.45) is 5.92 Å². The maximum absolute atomic E-state index is 11.3. The zero-order valence-electron chi connectivity index (χ0n) is 7.83. The highest BCUT2D eigenvalue weighted by Gasteiger charge is 2.31. The van der Waals surface area contributed by atoms with E-state index in [1.165, 1.54) is 0 Å². The van der Waals surface area contributed by atoms with Gasteiger partial charge in [-0.15, -0.1) is 0 Å². The summed E-state index contributed by atoms with van der Waals surface area (Å²) in [6.45, 7) is 2.83. The van der Waals surface area contributed by atoms with E-state index in [4.69, 9.17) is 4.74 Å². The summed E-state index contributed by atoms with van der Waals surface area (Å²) in [4.78, 5) is 22.6. The van der Waals surface area contributed by atoms with Crippen molar-refractivity contribution in [1.82, 2.24) is 10.6 Å². The first-order chi connectivity index (χ1) is 6.65. The van der Waals surface area contributed by atoms with Gasteiger partial charge in [0.1, 0.15) is 5.92 Å². The van der Waals surface area contributed by atoms with Crippen LogP contribution < -0.4 is 10.6 Å². The van der Waals surface area contributed by atoms with Gasteiger partial charge in [-0.3, -0.25) is 9.59 Å². The number of carbonyl (C=O) groups excluding carboxylic acids is 2. The van der Waals surface area contributed by atoms with E-state index >= 15 is 0 Å². The summed E-state index contributed by atoms with van der Waals surface area (Å²) >= 11 is 4.65. The third kappa shape index (κ3) is 2.74. The van der Waals surface area contributed by atoms with Gasteiger partial charge in [-0.1, -0.05) is 0 Å². The Kier molecular flexibility index (Phi) is 3.97. The molecule has 0 aromatic carbocycles. The van der Waals surface area contributed by atoms with Gasteiger partial charge in [-0.2, -0.15) is 0 Å². The summed E-state index contributed by atoms with van der Waals surface area (Å²) in [5.74, 6) is -1.38. The first-order valence-corrected chi connectivity index (χ1v) is 4.79. The lowest BCUT2D eigenvalue weighted by Crippen LogP contribution is -2.55. The molecule has 0 atom stereocenters. The van der Waals surface area contributed by atoms with E-state index in [0.29, 0.717) is 19.6 Å². The topological polar surface area (TPSA) is 67.4 Å². The monoisotopic (exact) mass is 216 g/mol. The minimum absolute atomic E-state index is 0.0765. The van der Waals surface area contributed by atoms with Crippen molar-refractivity contribution in [2.45, 2.75) is 13.3 Å². The van der Waals surface area contributed by atoms with Crippen molar-refractivity contribution in [3.05, 3.63) is 0 Å². The second kappa shape index (κ2) is 5.02. The summed E-state index contributed by atoms with van der Waals surface area (Å²) in [5, 5.41) is 4.86. The molecule has 5 nitrogen and oxygen atoms in total. The lowest BCUT2D eigenvalue weighted by atomic mass is 10.0. The number of carbonyl (C=O) groups is 2. The molecular weight excluding hydrogens is 204 g/mol. The fourth-order valence-electron chi connectivity index (χ4n) is 1.16. The van der Waals surface area contributed by atoms with Crippen molar-refractivity contribution < 1.29 is 14.3 Å².